The number of hydrogen-bond donors (Lipinski definition) is 0. The number of ketones is 2. The molecule has 2 aromatic carbocycles. The first-order valence-corrected chi connectivity index (χ1v) is 9.05. The van der Waals surface area contributed by atoms with Crippen molar-refractivity contribution in [3.63, 3.8) is 0 Å². The summed E-state index contributed by atoms with van der Waals surface area (Å²) in [5.74, 6) is 0.165. The van der Waals surface area contributed by atoms with Gasteiger partial charge in [-0.25, -0.2) is 0 Å². The topological polar surface area (TPSA) is 37.4 Å². The molecule has 0 amide bonds. The summed E-state index contributed by atoms with van der Waals surface area (Å²) in [6.07, 6.45) is 0.842. The van der Waals surface area contributed by atoms with Crippen LogP contribution in [0.2, 0.25) is 10.0 Å². The molecule has 0 fully saturated rings. The number of Topliss-reactive ketones (excluding diaryl/α,β-unsaturated/α-hetero) is 2. The van der Waals surface area contributed by atoms with Crippen LogP contribution in [-0.2, 0) is 0 Å². The average Bonchev–Trinajstić information content (AvgIpc) is 2.62. The van der Waals surface area contributed by atoms with Crippen LogP contribution in [0, 0.1) is 0 Å². The number of benzene rings is 2. The smallest absolute Gasteiger partial charge is 0.164 e. The minimum Gasteiger partial charge on any atom is -0.303 e. The van der Waals surface area contributed by atoms with Crippen LogP contribution in [0.4, 0.5) is 0 Å². The standard InChI is InChI=1S/C20H21Cl2NO2/c1-2-23(13-11-19(24)15-3-7-17(21)8-4-15)14-12-20(25)16-5-9-18(22)10-6-16/h3-10H,2,11-14H2,1H3. The van der Waals surface area contributed by atoms with Crippen LogP contribution in [0.5, 0.6) is 0 Å². The van der Waals surface area contributed by atoms with Crippen molar-refractivity contribution in [3.8, 4) is 0 Å². The maximum absolute atomic E-state index is 12.2. The lowest BCUT2D eigenvalue weighted by Gasteiger charge is -2.19. The van der Waals surface area contributed by atoms with Crippen LogP contribution >= 0.6 is 23.2 Å². The van der Waals surface area contributed by atoms with Gasteiger partial charge in [0.1, 0.15) is 0 Å². The molecule has 0 saturated heterocycles. The van der Waals surface area contributed by atoms with Crippen molar-refractivity contribution >= 4 is 34.8 Å². The van der Waals surface area contributed by atoms with Gasteiger partial charge in [0, 0.05) is 47.1 Å². The summed E-state index contributed by atoms with van der Waals surface area (Å²) >= 11 is 11.7. The molecule has 132 valence electrons. The fraction of sp³-hybridized carbons (Fsp3) is 0.300. The summed E-state index contributed by atoms with van der Waals surface area (Å²) in [5, 5.41) is 1.24. The Balaban J connectivity index is 1.81. The maximum Gasteiger partial charge on any atom is 0.164 e. The highest BCUT2D eigenvalue weighted by Gasteiger charge is 2.12. The molecule has 0 bridgehead atoms. The van der Waals surface area contributed by atoms with Crippen LogP contribution in [0.1, 0.15) is 40.5 Å². The molecule has 0 atom stereocenters. The number of hydrogen-bond acceptors (Lipinski definition) is 3. The fourth-order valence-corrected chi connectivity index (χ4v) is 2.76. The second-order valence-corrected chi connectivity index (χ2v) is 6.67. The van der Waals surface area contributed by atoms with Crippen LogP contribution in [0.3, 0.4) is 0 Å². The zero-order valence-corrected chi connectivity index (χ0v) is 15.7. The number of rotatable bonds is 9. The summed E-state index contributed by atoms with van der Waals surface area (Å²) in [4.78, 5) is 26.6. The van der Waals surface area contributed by atoms with E-state index in [4.69, 9.17) is 23.2 Å². The molecule has 2 aromatic rings. The van der Waals surface area contributed by atoms with Gasteiger partial charge in [0.25, 0.3) is 0 Å². The number of carbonyl (C=O) groups is 2. The highest BCUT2D eigenvalue weighted by atomic mass is 35.5. The molecular formula is C20H21Cl2NO2. The first kappa shape index (κ1) is 19.6. The van der Waals surface area contributed by atoms with E-state index in [1.807, 2.05) is 6.92 Å². The zero-order chi connectivity index (χ0) is 18.2. The van der Waals surface area contributed by atoms with Crippen molar-refractivity contribution in [1.29, 1.82) is 0 Å². The third kappa shape index (κ3) is 6.28. The summed E-state index contributed by atoms with van der Waals surface area (Å²) < 4.78 is 0. The lowest BCUT2D eigenvalue weighted by Crippen LogP contribution is -2.28. The predicted molar refractivity (Wildman–Crippen MR) is 103 cm³/mol. The highest BCUT2D eigenvalue weighted by molar-refractivity contribution is 6.31. The van der Waals surface area contributed by atoms with Crippen molar-refractivity contribution in [3.05, 3.63) is 69.7 Å². The normalized spacial score (nSPS) is 10.9. The van der Waals surface area contributed by atoms with E-state index in [2.05, 4.69) is 4.90 Å². The van der Waals surface area contributed by atoms with Crippen molar-refractivity contribution in [2.75, 3.05) is 19.6 Å². The fourth-order valence-electron chi connectivity index (χ4n) is 2.51. The van der Waals surface area contributed by atoms with Gasteiger partial charge in [0.05, 0.1) is 0 Å². The second-order valence-electron chi connectivity index (χ2n) is 5.79. The molecule has 0 unspecified atom stereocenters. The Morgan fingerprint density at radius 1 is 0.760 bits per heavy atom. The predicted octanol–water partition coefficient (Wildman–Crippen LogP) is 5.16. The number of nitrogens with zero attached hydrogens (tertiary/aromatic N) is 1. The van der Waals surface area contributed by atoms with Crippen LogP contribution < -0.4 is 0 Å². The molecule has 5 heteroatoms. The third-order valence-electron chi connectivity index (χ3n) is 4.09. The van der Waals surface area contributed by atoms with E-state index < -0.39 is 0 Å². The van der Waals surface area contributed by atoms with Gasteiger partial charge in [-0.2, -0.15) is 0 Å². The van der Waals surface area contributed by atoms with Crippen LogP contribution in [0.25, 0.3) is 0 Å². The molecule has 2 rings (SSSR count). The van der Waals surface area contributed by atoms with Gasteiger partial charge in [0.2, 0.25) is 0 Å². The van der Waals surface area contributed by atoms with Crippen LogP contribution in [-0.4, -0.2) is 36.1 Å². The summed E-state index contributed by atoms with van der Waals surface area (Å²) in [7, 11) is 0. The molecule has 3 nitrogen and oxygen atoms in total. The average molecular weight is 378 g/mol. The largest absolute Gasteiger partial charge is 0.303 e. The highest BCUT2D eigenvalue weighted by Crippen LogP contribution is 2.13. The number of carbonyl (C=O) groups excluding carboxylic acids is 2. The van der Waals surface area contributed by atoms with E-state index in [9.17, 15) is 9.59 Å². The Labute approximate surface area is 158 Å². The van der Waals surface area contributed by atoms with E-state index in [-0.39, 0.29) is 11.6 Å². The molecule has 0 spiro atoms. The Morgan fingerprint density at radius 3 is 1.44 bits per heavy atom. The molecule has 0 N–H and O–H groups in total. The summed E-state index contributed by atoms with van der Waals surface area (Å²) in [6.45, 7) is 4.08. The molecule has 0 aliphatic heterocycles. The van der Waals surface area contributed by atoms with E-state index in [1.165, 1.54) is 0 Å². The lowest BCUT2D eigenvalue weighted by atomic mass is 10.1. The lowest BCUT2D eigenvalue weighted by molar-refractivity contribution is 0.0949. The molecular weight excluding hydrogens is 357 g/mol. The van der Waals surface area contributed by atoms with Gasteiger partial charge in [-0.3, -0.25) is 9.59 Å². The first-order chi connectivity index (χ1) is 12.0. The van der Waals surface area contributed by atoms with Crippen molar-refractivity contribution in [2.24, 2.45) is 0 Å². The Morgan fingerprint density at radius 2 is 1.12 bits per heavy atom. The Bertz CT molecular complexity index is 650. The molecule has 0 aliphatic carbocycles. The summed E-state index contributed by atoms with van der Waals surface area (Å²) in [5.41, 5.74) is 1.33. The van der Waals surface area contributed by atoms with Gasteiger partial charge in [-0.05, 0) is 55.1 Å². The molecule has 0 radical (unpaired) electrons. The minimum atomic E-state index is 0.0825. The Kier molecular flexibility index (Phi) is 7.63. The van der Waals surface area contributed by atoms with Crippen molar-refractivity contribution in [2.45, 2.75) is 19.8 Å². The van der Waals surface area contributed by atoms with Gasteiger partial charge >= 0.3 is 0 Å². The van der Waals surface area contributed by atoms with E-state index in [0.29, 0.717) is 47.1 Å². The maximum atomic E-state index is 12.2. The summed E-state index contributed by atoms with van der Waals surface area (Å²) in [6, 6.07) is 13.8. The monoisotopic (exact) mass is 377 g/mol. The first-order valence-electron chi connectivity index (χ1n) is 8.29. The molecule has 0 aromatic heterocycles. The Hall–Kier alpha value is -1.68. The van der Waals surface area contributed by atoms with Crippen molar-refractivity contribution in [1.82, 2.24) is 4.90 Å². The molecule has 25 heavy (non-hydrogen) atoms. The van der Waals surface area contributed by atoms with Crippen molar-refractivity contribution < 1.29 is 9.59 Å². The van der Waals surface area contributed by atoms with E-state index >= 15 is 0 Å². The quantitative estimate of drug-likeness (QED) is 0.566. The van der Waals surface area contributed by atoms with Gasteiger partial charge in [-0.15, -0.1) is 0 Å². The molecule has 0 saturated carbocycles. The third-order valence-corrected chi connectivity index (χ3v) is 4.59. The second kappa shape index (κ2) is 9.71. The molecule has 0 aliphatic rings. The van der Waals surface area contributed by atoms with E-state index in [0.717, 1.165) is 6.54 Å². The van der Waals surface area contributed by atoms with Crippen LogP contribution in [0.15, 0.2) is 48.5 Å². The number of halogens is 2. The van der Waals surface area contributed by atoms with Gasteiger partial charge < -0.3 is 4.90 Å². The van der Waals surface area contributed by atoms with E-state index in [1.54, 1.807) is 48.5 Å². The van der Waals surface area contributed by atoms with Gasteiger partial charge in [0.15, 0.2) is 11.6 Å². The SMILES string of the molecule is CCN(CCC(=O)c1ccc(Cl)cc1)CCC(=O)c1ccc(Cl)cc1. The van der Waals surface area contributed by atoms with Gasteiger partial charge in [-0.1, -0.05) is 30.1 Å². The minimum absolute atomic E-state index is 0.0825. The molecule has 0 heterocycles. The zero-order valence-electron chi connectivity index (χ0n) is 14.2.